The van der Waals surface area contributed by atoms with Crippen molar-refractivity contribution in [3.05, 3.63) is 0 Å². The third-order valence-electron chi connectivity index (χ3n) is 3.59. The number of rotatable bonds is 7. The molecule has 2 atom stereocenters. The first-order valence-corrected chi connectivity index (χ1v) is 6.58. The maximum Gasteiger partial charge on any atom is 0.325 e. The second-order valence-electron chi connectivity index (χ2n) is 5.42. The molecule has 1 aliphatic heterocycles. The lowest BCUT2D eigenvalue weighted by Crippen LogP contribution is -2.46. The summed E-state index contributed by atoms with van der Waals surface area (Å²) in [6.45, 7) is 5.77. The number of ether oxygens (including phenoxy) is 2. The van der Waals surface area contributed by atoms with Crippen LogP contribution < -0.4 is 5.73 Å². The smallest absolute Gasteiger partial charge is 0.325 e. The molecule has 0 aliphatic carbocycles. The minimum atomic E-state index is -0.861. The quantitative estimate of drug-likeness (QED) is 0.678. The summed E-state index contributed by atoms with van der Waals surface area (Å²) in [7, 11) is 3.13. The van der Waals surface area contributed by atoms with E-state index in [1.54, 1.807) is 14.0 Å². The first-order chi connectivity index (χ1) is 8.49. The zero-order chi connectivity index (χ0) is 13.6. The first-order valence-electron chi connectivity index (χ1n) is 6.58. The average molecular weight is 258 g/mol. The number of carbonyl (C=O) groups is 1. The van der Waals surface area contributed by atoms with Gasteiger partial charge in [-0.15, -0.1) is 0 Å². The van der Waals surface area contributed by atoms with Gasteiger partial charge in [-0.25, -0.2) is 0 Å². The van der Waals surface area contributed by atoms with Gasteiger partial charge in [-0.05, 0) is 45.2 Å². The van der Waals surface area contributed by atoms with E-state index >= 15 is 0 Å². The molecule has 0 radical (unpaired) electrons. The number of methoxy groups -OCH3 is 2. The Kier molecular flexibility index (Phi) is 6.05. The van der Waals surface area contributed by atoms with E-state index < -0.39 is 5.54 Å². The maximum atomic E-state index is 11.4. The van der Waals surface area contributed by atoms with Crippen molar-refractivity contribution in [2.75, 3.05) is 40.5 Å². The molecule has 1 aliphatic rings. The van der Waals surface area contributed by atoms with Gasteiger partial charge in [0.2, 0.25) is 0 Å². The number of esters is 1. The summed E-state index contributed by atoms with van der Waals surface area (Å²) in [5.41, 5.74) is 5.06. The van der Waals surface area contributed by atoms with Crippen LogP contribution in [-0.4, -0.2) is 56.9 Å². The minimum Gasteiger partial charge on any atom is -0.468 e. The van der Waals surface area contributed by atoms with Crippen molar-refractivity contribution in [3.8, 4) is 0 Å². The number of likely N-dealkylation sites (tertiary alicyclic amines) is 1. The van der Waals surface area contributed by atoms with E-state index in [4.69, 9.17) is 15.2 Å². The van der Waals surface area contributed by atoms with E-state index in [1.807, 2.05) is 0 Å². The maximum absolute atomic E-state index is 11.4. The Hall–Kier alpha value is -0.650. The molecule has 5 heteroatoms. The molecule has 0 aromatic rings. The Labute approximate surface area is 110 Å². The van der Waals surface area contributed by atoms with Gasteiger partial charge in [0.15, 0.2) is 0 Å². The van der Waals surface area contributed by atoms with Crippen LogP contribution in [0.25, 0.3) is 0 Å². The van der Waals surface area contributed by atoms with Crippen molar-refractivity contribution in [3.63, 3.8) is 0 Å². The SMILES string of the molecule is COCC1CCN(CCCC(C)(N)C(=O)OC)C1. The third kappa shape index (κ3) is 4.55. The third-order valence-corrected chi connectivity index (χ3v) is 3.59. The zero-order valence-corrected chi connectivity index (χ0v) is 11.8. The van der Waals surface area contributed by atoms with Gasteiger partial charge < -0.3 is 20.1 Å². The van der Waals surface area contributed by atoms with Gasteiger partial charge in [0.1, 0.15) is 5.54 Å². The van der Waals surface area contributed by atoms with Crippen LogP contribution in [0.5, 0.6) is 0 Å². The average Bonchev–Trinajstić information content (AvgIpc) is 2.76. The van der Waals surface area contributed by atoms with Crippen LogP contribution in [-0.2, 0) is 14.3 Å². The number of carbonyl (C=O) groups excluding carboxylic acids is 1. The summed E-state index contributed by atoms with van der Waals surface area (Å²) in [6.07, 6.45) is 2.78. The molecule has 5 nitrogen and oxygen atoms in total. The summed E-state index contributed by atoms with van der Waals surface area (Å²) >= 11 is 0. The highest BCUT2D eigenvalue weighted by Gasteiger charge is 2.29. The van der Waals surface area contributed by atoms with Crippen LogP contribution in [0.15, 0.2) is 0 Å². The molecule has 0 saturated carbocycles. The van der Waals surface area contributed by atoms with Gasteiger partial charge in [0.25, 0.3) is 0 Å². The highest BCUT2D eigenvalue weighted by Crippen LogP contribution is 2.18. The molecule has 1 rings (SSSR count). The number of hydrogen-bond acceptors (Lipinski definition) is 5. The summed E-state index contributed by atoms with van der Waals surface area (Å²) in [6, 6.07) is 0. The molecule has 2 N–H and O–H groups in total. The Bertz CT molecular complexity index is 269. The monoisotopic (exact) mass is 258 g/mol. The number of nitrogens with zero attached hydrogens (tertiary/aromatic N) is 1. The second kappa shape index (κ2) is 7.07. The van der Waals surface area contributed by atoms with Gasteiger partial charge in [0, 0.05) is 13.7 Å². The van der Waals surface area contributed by atoms with E-state index in [0.29, 0.717) is 12.3 Å². The van der Waals surface area contributed by atoms with Gasteiger partial charge >= 0.3 is 5.97 Å². The van der Waals surface area contributed by atoms with Gasteiger partial charge in [-0.2, -0.15) is 0 Å². The fraction of sp³-hybridized carbons (Fsp3) is 0.923. The van der Waals surface area contributed by atoms with E-state index in [0.717, 1.165) is 32.7 Å². The number of nitrogens with two attached hydrogens (primary N) is 1. The van der Waals surface area contributed by atoms with Crippen LogP contribution in [0.4, 0.5) is 0 Å². The minimum absolute atomic E-state index is 0.332. The molecule has 0 aromatic carbocycles. The molecule has 1 fully saturated rings. The molecular weight excluding hydrogens is 232 g/mol. The van der Waals surface area contributed by atoms with E-state index in [1.165, 1.54) is 13.5 Å². The summed E-state index contributed by atoms with van der Waals surface area (Å²) in [4.78, 5) is 13.8. The first kappa shape index (κ1) is 15.4. The molecule has 1 heterocycles. The van der Waals surface area contributed by atoms with Crippen LogP contribution in [0.1, 0.15) is 26.2 Å². The van der Waals surface area contributed by atoms with Crippen molar-refractivity contribution in [2.45, 2.75) is 31.7 Å². The Morgan fingerprint density at radius 2 is 2.22 bits per heavy atom. The largest absolute Gasteiger partial charge is 0.468 e. The number of hydrogen-bond donors (Lipinski definition) is 1. The van der Waals surface area contributed by atoms with Crippen LogP contribution >= 0.6 is 0 Å². The fourth-order valence-corrected chi connectivity index (χ4v) is 2.49. The Balaban J connectivity index is 2.21. The van der Waals surface area contributed by atoms with Crippen molar-refractivity contribution in [1.29, 1.82) is 0 Å². The summed E-state index contributed by atoms with van der Waals surface area (Å²) in [5.74, 6) is 0.320. The van der Waals surface area contributed by atoms with Crippen molar-refractivity contribution in [1.82, 2.24) is 4.90 Å². The molecule has 106 valence electrons. The highest BCUT2D eigenvalue weighted by atomic mass is 16.5. The van der Waals surface area contributed by atoms with Crippen LogP contribution in [0, 0.1) is 5.92 Å². The predicted molar refractivity (Wildman–Crippen MR) is 70.3 cm³/mol. The normalized spacial score (nSPS) is 23.9. The lowest BCUT2D eigenvalue weighted by molar-refractivity contribution is -0.146. The summed E-state index contributed by atoms with van der Waals surface area (Å²) in [5, 5.41) is 0. The summed E-state index contributed by atoms with van der Waals surface area (Å²) < 4.78 is 9.86. The van der Waals surface area contributed by atoms with Crippen molar-refractivity contribution < 1.29 is 14.3 Å². The topological polar surface area (TPSA) is 64.8 Å². The molecular formula is C13H26N2O3. The lowest BCUT2D eigenvalue weighted by Gasteiger charge is -2.23. The molecule has 18 heavy (non-hydrogen) atoms. The highest BCUT2D eigenvalue weighted by molar-refractivity contribution is 5.79. The van der Waals surface area contributed by atoms with Crippen LogP contribution in [0.3, 0.4) is 0 Å². The molecule has 0 aromatic heterocycles. The van der Waals surface area contributed by atoms with Crippen molar-refractivity contribution >= 4 is 5.97 Å². The molecule has 0 amide bonds. The van der Waals surface area contributed by atoms with Gasteiger partial charge in [-0.1, -0.05) is 0 Å². The Morgan fingerprint density at radius 3 is 2.83 bits per heavy atom. The molecule has 0 spiro atoms. The van der Waals surface area contributed by atoms with Gasteiger partial charge in [0.05, 0.1) is 13.7 Å². The zero-order valence-electron chi connectivity index (χ0n) is 11.8. The molecule has 0 bridgehead atoms. The van der Waals surface area contributed by atoms with E-state index in [-0.39, 0.29) is 5.97 Å². The Morgan fingerprint density at radius 1 is 1.50 bits per heavy atom. The molecule has 1 saturated heterocycles. The van der Waals surface area contributed by atoms with E-state index in [2.05, 4.69) is 4.90 Å². The molecule has 2 unspecified atom stereocenters. The standard InChI is InChI=1S/C13H26N2O3/c1-13(14,12(16)18-3)6-4-7-15-8-5-11(9-15)10-17-2/h11H,4-10,14H2,1-3H3. The fourth-order valence-electron chi connectivity index (χ4n) is 2.49. The second-order valence-corrected chi connectivity index (χ2v) is 5.42. The van der Waals surface area contributed by atoms with Gasteiger partial charge in [-0.3, -0.25) is 4.79 Å². The van der Waals surface area contributed by atoms with Crippen molar-refractivity contribution in [2.24, 2.45) is 11.7 Å². The predicted octanol–water partition coefficient (Wildman–Crippen LogP) is 0.625. The lowest BCUT2D eigenvalue weighted by atomic mass is 9.97. The van der Waals surface area contributed by atoms with E-state index in [9.17, 15) is 4.79 Å². The van der Waals surface area contributed by atoms with Crippen LogP contribution in [0.2, 0.25) is 0 Å².